The lowest BCUT2D eigenvalue weighted by molar-refractivity contribution is 0.0601. The molecule has 0 aliphatic carbocycles. The van der Waals surface area contributed by atoms with E-state index in [9.17, 15) is 4.79 Å². The van der Waals surface area contributed by atoms with Crippen molar-refractivity contribution < 1.29 is 9.53 Å². The third kappa shape index (κ3) is 3.42. The number of nitrogens with one attached hydrogen (secondary N) is 1. The first kappa shape index (κ1) is 12.8. The summed E-state index contributed by atoms with van der Waals surface area (Å²) in [4.78, 5) is 11.3. The Balaban J connectivity index is 2.71. The van der Waals surface area contributed by atoms with Gasteiger partial charge in [-0.1, -0.05) is 24.9 Å². The summed E-state index contributed by atoms with van der Waals surface area (Å²) < 4.78 is 4.61. The molecule has 1 aromatic carbocycles. The highest BCUT2D eigenvalue weighted by Gasteiger charge is 2.10. The Kier molecular flexibility index (Phi) is 5.12. The van der Waals surface area contributed by atoms with Crippen LogP contribution in [0, 0.1) is 0 Å². The fourth-order valence-electron chi connectivity index (χ4n) is 1.31. The van der Waals surface area contributed by atoms with E-state index in [0.29, 0.717) is 10.6 Å². The Hall–Kier alpha value is -1.22. The van der Waals surface area contributed by atoms with Crippen molar-refractivity contribution in [3.05, 3.63) is 28.8 Å². The Morgan fingerprint density at radius 2 is 2.25 bits per heavy atom. The van der Waals surface area contributed by atoms with Crippen LogP contribution >= 0.6 is 11.6 Å². The minimum Gasteiger partial charge on any atom is -0.465 e. The molecule has 0 amide bonds. The molecule has 4 heteroatoms. The van der Waals surface area contributed by atoms with Crippen LogP contribution in [0.15, 0.2) is 18.2 Å². The standard InChI is InChI=1S/C12H16ClNO2/c1-3-4-7-14-9-5-6-10(11(13)8-9)12(15)16-2/h5-6,8,14H,3-4,7H2,1-2H3. The molecule has 0 fully saturated rings. The van der Waals surface area contributed by atoms with Crippen molar-refractivity contribution >= 4 is 23.3 Å². The van der Waals surface area contributed by atoms with Gasteiger partial charge in [-0.3, -0.25) is 0 Å². The molecule has 0 aromatic heterocycles. The number of ether oxygens (including phenoxy) is 1. The molecule has 0 heterocycles. The topological polar surface area (TPSA) is 38.3 Å². The van der Waals surface area contributed by atoms with Gasteiger partial charge in [0, 0.05) is 12.2 Å². The molecule has 0 aliphatic rings. The molecule has 1 N–H and O–H groups in total. The number of benzene rings is 1. The minimum atomic E-state index is -0.412. The quantitative estimate of drug-likeness (QED) is 0.635. The molecule has 0 spiro atoms. The second-order valence-electron chi connectivity index (χ2n) is 3.47. The van der Waals surface area contributed by atoms with Gasteiger partial charge in [0.25, 0.3) is 0 Å². The van der Waals surface area contributed by atoms with E-state index in [1.807, 2.05) is 6.07 Å². The third-order valence-electron chi connectivity index (χ3n) is 2.23. The van der Waals surface area contributed by atoms with Gasteiger partial charge >= 0.3 is 5.97 Å². The van der Waals surface area contributed by atoms with E-state index < -0.39 is 5.97 Å². The van der Waals surface area contributed by atoms with Crippen LogP contribution in [0.2, 0.25) is 5.02 Å². The van der Waals surface area contributed by atoms with E-state index in [0.717, 1.165) is 25.1 Å². The second kappa shape index (κ2) is 6.38. The zero-order valence-corrected chi connectivity index (χ0v) is 10.3. The van der Waals surface area contributed by atoms with Gasteiger partial charge in [-0.15, -0.1) is 0 Å². The Morgan fingerprint density at radius 1 is 1.50 bits per heavy atom. The normalized spacial score (nSPS) is 9.94. The number of halogens is 1. The van der Waals surface area contributed by atoms with Crippen molar-refractivity contribution in [2.24, 2.45) is 0 Å². The third-order valence-corrected chi connectivity index (χ3v) is 2.55. The van der Waals surface area contributed by atoms with Crippen molar-refractivity contribution in [2.75, 3.05) is 19.0 Å². The maximum atomic E-state index is 11.3. The minimum absolute atomic E-state index is 0.394. The maximum absolute atomic E-state index is 11.3. The number of rotatable bonds is 5. The van der Waals surface area contributed by atoms with E-state index in [1.165, 1.54) is 7.11 Å². The lowest BCUT2D eigenvalue weighted by Crippen LogP contribution is -2.04. The van der Waals surface area contributed by atoms with E-state index in [1.54, 1.807) is 12.1 Å². The molecular weight excluding hydrogens is 226 g/mol. The number of anilines is 1. The average molecular weight is 242 g/mol. The van der Waals surface area contributed by atoms with Crippen LogP contribution in [-0.4, -0.2) is 19.6 Å². The lowest BCUT2D eigenvalue weighted by Gasteiger charge is -2.07. The number of carbonyl (C=O) groups excluding carboxylic acids is 1. The van der Waals surface area contributed by atoms with Crippen LogP contribution in [0.3, 0.4) is 0 Å². The molecule has 1 aromatic rings. The molecule has 1 rings (SSSR count). The number of carbonyl (C=O) groups is 1. The van der Waals surface area contributed by atoms with Gasteiger partial charge in [0.2, 0.25) is 0 Å². The highest BCUT2D eigenvalue weighted by atomic mass is 35.5. The van der Waals surface area contributed by atoms with Gasteiger partial charge in [-0.25, -0.2) is 4.79 Å². The SMILES string of the molecule is CCCCNc1ccc(C(=O)OC)c(Cl)c1. The first-order valence-corrected chi connectivity index (χ1v) is 5.68. The molecule has 16 heavy (non-hydrogen) atoms. The predicted octanol–water partition coefficient (Wildman–Crippen LogP) is 3.34. The molecule has 0 aliphatic heterocycles. The highest BCUT2D eigenvalue weighted by Crippen LogP contribution is 2.21. The molecule has 0 saturated carbocycles. The van der Waals surface area contributed by atoms with Gasteiger partial charge < -0.3 is 10.1 Å². The average Bonchev–Trinajstić information content (AvgIpc) is 2.29. The van der Waals surface area contributed by atoms with Gasteiger partial charge in [-0.05, 0) is 24.6 Å². The van der Waals surface area contributed by atoms with Crippen molar-refractivity contribution in [1.29, 1.82) is 0 Å². The van der Waals surface area contributed by atoms with Crippen LogP contribution in [0.4, 0.5) is 5.69 Å². The second-order valence-corrected chi connectivity index (χ2v) is 3.87. The summed E-state index contributed by atoms with van der Waals surface area (Å²) in [6.45, 7) is 3.04. The number of unbranched alkanes of at least 4 members (excludes halogenated alkanes) is 1. The van der Waals surface area contributed by atoms with E-state index in [2.05, 4.69) is 17.0 Å². The highest BCUT2D eigenvalue weighted by molar-refractivity contribution is 6.33. The zero-order valence-electron chi connectivity index (χ0n) is 9.55. The van der Waals surface area contributed by atoms with Crippen LogP contribution in [0.25, 0.3) is 0 Å². The van der Waals surface area contributed by atoms with E-state index >= 15 is 0 Å². The summed E-state index contributed by atoms with van der Waals surface area (Å²) >= 11 is 5.97. The van der Waals surface area contributed by atoms with Crippen molar-refractivity contribution in [1.82, 2.24) is 0 Å². The monoisotopic (exact) mass is 241 g/mol. The van der Waals surface area contributed by atoms with E-state index in [-0.39, 0.29) is 0 Å². The number of hydrogen-bond acceptors (Lipinski definition) is 3. The summed E-state index contributed by atoms with van der Waals surface area (Å²) in [6.07, 6.45) is 2.25. The molecule has 3 nitrogen and oxygen atoms in total. The molecule has 0 radical (unpaired) electrons. The lowest BCUT2D eigenvalue weighted by atomic mass is 10.2. The molecule has 0 saturated heterocycles. The van der Waals surface area contributed by atoms with Gasteiger partial charge in [0.15, 0.2) is 0 Å². The Bertz CT molecular complexity index is 366. The Labute approximate surface area is 101 Å². The van der Waals surface area contributed by atoms with Crippen LogP contribution in [-0.2, 0) is 4.74 Å². The van der Waals surface area contributed by atoms with Crippen LogP contribution in [0.1, 0.15) is 30.1 Å². The smallest absolute Gasteiger partial charge is 0.339 e. The van der Waals surface area contributed by atoms with Gasteiger partial charge in [0.05, 0.1) is 17.7 Å². The fraction of sp³-hybridized carbons (Fsp3) is 0.417. The summed E-state index contributed by atoms with van der Waals surface area (Å²) in [5, 5.41) is 3.64. The van der Waals surface area contributed by atoms with Crippen molar-refractivity contribution in [3.63, 3.8) is 0 Å². The number of esters is 1. The maximum Gasteiger partial charge on any atom is 0.339 e. The Morgan fingerprint density at radius 3 is 2.81 bits per heavy atom. The zero-order chi connectivity index (χ0) is 12.0. The summed E-state index contributed by atoms with van der Waals surface area (Å²) in [7, 11) is 1.34. The first-order valence-electron chi connectivity index (χ1n) is 5.30. The molecular formula is C12H16ClNO2. The van der Waals surface area contributed by atoms with Crippen LogP contribution < -0.4 is 5.32 Å². The van der Waals surface area contributed by atoms with Gasteiger partial charge in [-0.2, -0.15) is 0 Å². The summed E-state index contributed by atoms with van der Waals surface area (Å²) in [5.41, 5.74) is 1.32. The largest absolute Gasteiger partial charge is 0.465 e. The van der Waals surface area contributed by atoms with Crippen molar-refractivity contribution in [2.45, 2.75) is 19.8 Å². The first-order chi connectivity index (χ1) is 7.69. The van der Waals surface area contributed by atoms with Crippen molar-refractivity contribution in [3.8, 4) is 0 Å². The van der Waals surface area contributed by atoms with Crippen LogP contribution in [0.5, 0.6) is 0 Å². The predicted molar refractivity (Wildman–Crippen MR) is 66.2 cm³/mol. The molecule has 0 unspecified atom stereocenters. The van der Waals surface area contributed by atoms with E-state index in [4.69, 9.17) is 11.6 Å². The fourth-order valence-corrected chi connectivity index (χ4v) is 1.57. The molecule has 0 atom stereocenters. The summed E-state index contributed by atoms with van der Waals surface area (Å²) in [6, 6.07) is 5.24. The number of methoxy groups -OCH3 is 1. The molecule has 0 bridgehead atoms. The summed E-state index contributed by atoms with van der Waals surface area (Å²) in [5.74, 6) is -0.412. The number of hydrogen-bond donors (Lipinski definition) is 1. The van der Waals surface area contributed by atoms with Gasteiger partial charge in [0.1, 0.15) is 0 Å². The molecule has 88 valence electrons.